The molecule has 0 spiro atoms. The van der Waals surface area contributed by atoms with Gasteiger partial charge in [0.25, 0.3) is 0 Å². The third-order valence-corrected chi connectivity index (χ3v) is 2.64. The lowest BCUT2D eigenvalue weighted by Gasteiger charge is -2.07. The zero-order valence-electron chi connectivity index (χ0n) is 9.84. The van der Waals surface area contributed by atoms with Crippen LogP contribution in [0, 0.1) is 12.7 Å². The zero-order valence-corrected chi connectivity index (χ0v) is 9.84. The van der Waals surface area contributed by atoms with E-state index in [4.69, 9.17) is 10.9 Å². The van der Waals surface area contributed by atoms with Crippen LogP contribution in [0.25, 0.3) is 0 Å². The van der Waals surface area contributed by atoms with Crippen LogP contribution >= 0.6 is 0 Å². The van der Waals surface area contributed by atoms with E-state index in [0.29, 0.717) is 12.1 Å². The summed E-state index contributed by atoms with van der Waals surface area (Å²) in [6.07, 6.45) is 3.49. The molecule has 6 heteroatoms. The highest BCUT2D eigenvalue weighted by molar-refractivity contribution is 5.97. The van der Waals surface area contributed by atoms with Crippen LogP contribution in [0.2, 0.25) is 0 Å². The van der Waals surface area contributed by atoms with Crippen molar-refractivity contribution in [1.82, 2.24) is 9.55 Å². The lowest BCUT2D eigenvalue weighted by Crippen LogP contribution is -2.14. The lowest BCUT2D eigenvalue weighted by molar-refractivity contribution is 0.318. The first-order chi connectivity index (χ1) is 8.60. The molecule has 0 aliphatic heterocycles. The van der Waals surface area contributed by atoms with E-state index < -0.39 is 5.82 Å². The predicted molar refractivity (Wildman–Crippen MR) is 65.0 cm³/mol. The molecule has 0 saturated carbocycles. The standard InChI is InChI=1S/C12H13FN4O/c1-8-15-2-3-17(8)7-9-4-10(12(14)16-18)6-11(13)5-9/h2-6,18H,7H2,1H3,(H2,14,16). The molecule has 0 amide bonds. The minimum absolute atomic E-state index is 0.113. The van der Waals surface area contributed by atoms with Crippen molar-refractivity contribution < 1.29 is 9.60 Å². The molecule has 0 fully saturated rings. The number of hydrogen-bond acceptors (Lipinski definition) is 3. The Kier molecular flexibility index (Phi) is 3.27. The van der Waals surface area contributed by atoms with Crippen molar-refractivity contribution in [2.24, 2.45) is 10.9 Å². The molecule has 1 heterocycles. The van der Waals surface area contributed by atoms with Crippen molar-refractivity contribution in [3.63, 3.8) is 0 Å². The van der Waals surface area contributed by atoms with Crippen LogP contribution in [0.15, 0.2) is 35.7 Å². The molecule has 1 aromatic heterocycles. The maximum atomic E-state index is 13.4. The molecule has 0 unspecified atom stereocenters. The van der Waals surface area contributed by atoms with E-state index in [1.807, 2.05) is 17.7 Å². The second kappa shape index (κ2) is 4.87. The van der Waals surface area contributed by atoms with Gasteiger partial charge in [-0.25, -0.2) is 9.37 Å². The number of oxime groups is 1. The number of nitrogens with zero attached hydrogens (tertiary/aromatic N) is 3. The minimum Gasteiger partial charge on any atom is -0.409 e. The van der Waals surface area contributed by atoms with Crippen LogP contribution in [0.5, 0.6) is 0 Å². The van der Waals surface area contributed by atoms with Crippen LogP contribution in [0.1, 0.15) is 17.0 Å². The van der Waals surface area contributed by atoms with E-state index in [1.165, 1.54) is 12.1 Å². The second-order valence-corrected chi connectivity index (χ2v) is 3.94. The summed E-state index contributed by atoms with van der Waals surface area (Å²) in [5.41, 5.74) is 6.52. The highest BCUT2D eigenvalue weighted by Gasteiger charge is 2.06. The third-order valence-electron chi connectivity index (χ3n) is 2.64. The van der Waals surface area contributed by atoms with Crippen molar-refractivity contribution >= 4 is 5.84 Å². The third kappa shape index (κ3) is 2.48. The molecule has 0 aliphatic carbocycles. The Morgan fingerprint density at radius 2 is 2.28 bits per heavy atom. The number of aryl methyl sites for hydroxylation is 1. The van der Waals surface area contributed by atoms with Crippen molar-refractivity contribution in [2.45, 2.75) is 13.5 Å². The minimum atomic E-state index is -0.424. The SMILES string of the molecule is Cc1nccn1Cc1cc(F)cc(/C(N)=N/O)c1. The molecule has 0 atom stereocenters. The molecule has 2 rings (SSSR count). The molecular formula is C12H13FN4O. The Morgan fingerprint density at radius 3 is 2.89 bits per heavy atom. The van der Waals surface area contributed by atoms with Gasteiger partial charge in [0.15, 0.2) is 5.84 Å². The summed E-state index contributed by atoms with van der Waals surface area (Å²) in [7, 11) is 0. The van der Waals surface area contributed by atoms with Gasteiger partial charge in [0.05, 0.1) is 0 Å². The normalized spacial score (nSPS) is 11.8. The van der Waals surface area contributed by atoms with Gasteiger partial charge in [-0.05, 0) is 30.7 Å². The second-order valence-electron chi connectivity index (χ2n) is 3.94. The van der Waals surface area contributed by atoms with E-state index in [0.717, 1.165) is 11.4 Å². The number of aromatic nitrogens is 2. The largest absolute Gasteiger partial charge is 0.409 e. The number of rotatable bonds is 3. The molecule has 0 saturated heterocycles. The smallest absolute Gasteiger partial charge is 0.170 e. The molecular weight excluding hydrogens is 235 g/mol. The number of halogens is 1. The van der Waals surface area contributed by atoms with Crippen LogP contribution in [-0.2, 0) is 6.54 Å². The fourth-order valence-corrected chi connectivity index (χ4v) is 1.71. The Hall–Kier alpha value is -2.37. The van der Waals surface area contributed by atoms with E-state index in [9.17, 15) is 4.39 Å². The molecule has 0 bridgehead atoms. The maximum Gasteiger partial charge on any atom is 0.170 e. The van der Waals surface area contributed by atoms with Crippen molar-refractivity contribution in [1.29, 1.82) is 0 Å². The number of imidazole rings is 1. The number of benzene rings is 1. The van der Waals surface area contributed by atoms with Crippen LogP contribution in [0.3, 0.4) is 0 Å². The summed E-state index contributed by atoms with van der Waals surface area (Å²) in [4.78, 5) is 4.09. The first kappa shape index (κ1) is 12.1. The van der Waals surface area contributed by atoms with Gasteiger partial charge in [-0.3, -0.25) is 0 Å². The van der Waals surface area contributed by atoms with Gasteiger partial charge < -0.3 is 15.5 Å². The molecule has 94 valence electrons. The summed E-state index contributed by atoms with van der Waals surface area (Å²) < 4.78 is 15.3. The Bertz CT molecular complexity index is 592. The summed E-state index contributed by atoms with van der Waals surface area (Å²) in [5, 5.41) is 11.5. The highest BCUT2D eigenvalue weighted by Crippen LogP contribution is 2.11. The fraction of sp³-hybridized carbons (Fsp3) is 0.167. The number of amidine groups is 1. The Morgan fingerprint density at radius 1 is 1.50 bits per heavy atom. The quantitative estimate of drug-likeness (QED) is 0.374. The monoisotopic (exact) mass is 248 g/mol. The maximum absolute atomic E-state index is 13.4. The van der Waals surface area contributed by atoms with Crippen molar-refractivity contribution in [3.05, 3.63) is 53.4 Å². The van der Waals surface area contributed by atoms with Crippen LogP contribution in [-0.4, -0.2) is 20.6 Å². The van der Waals surface area contributed by atoms with Gasteiger partial charge >= 0.3 is 0 Å². The highest BCUT2D eigenvalue weighted by atomic mass is 19.1. The first-order valence-corrected chi connectivity index (χ1v) is 5.35. The van der Waals surface area contributed by atoms with E-state index in [2.05, 4.69) is 10.1 Å². The lowest BCUT2D eigenvalue weighted by atomic mass is 10.1. The van der Waals surface area contributed by atoms with E-state index in [1.54, 1.807) is 12.3 Å². The van der Waals surface area contributed by atoms with Crippen molar-refractivity contribution in [3.8, 4) is 0 Å². The van der Waals surface area contributed by atoms with E-state index in [-0.39, 0.29) is 5.84 Å². The Balaban J connectivity index is 2.34. The van der Waals surface area contributed by atoms with Crippen LogP contribution in [0.4, 0.5) is 4.39 Å². The summed E-state index contributed by atoms with van der Waals surface area (Å²) in [6, 6.07) is 4.31. The topological polar surface area (TPSA) is 76.4 Å². The van der Waals surface area contributed by atoms with Crippen LogP contribution < -0.4 is 5.73 Å². The number of nitrogens with two attached hydrogens (primary N) is 1. The van der Waals surface area contributed by atoms with Gasteiger partial charge in [0.1, 0.15) is 11.6 Å². The average Bonchev–Trinajstić information content (AvgIpc) is 2.73. The molecule has 0 aliphatic rings. The molecule has 1 aromatic carbocycles. The summed E-state index contributed by atoms with van der Waals surface area (Å²) in [6.45, 7) is 2.35. The van der Waals surface area contributed by atoms with Gasteiger partial charge in [-0.15, -0.1) is 0 Å². The molecule has 18 heavy (non-hydrogen) atoms. The molecule has 5 nitrogen and oxygen atoms in total. The van der Waals surface area contributed by atoms with Gasteiger partial charge in [-0.2, -0.15) is 0 Å². The van der Waals surface area contributed by atoms with Gasteiger partial charge in [0.2, 0.25) is 0 Å². The average molecular weight is 248 g/mol. The summed E-state index contributed by atoms with van der Waals surface area (Å²) >= 11 is 0. The molecule has 3 N–H and O–H groups in total. The molecule has 0 radical (unpaired) electrons. The number of hydrogen-bond donors (Lipinski definition) is 2. The fourth-order valence-electron chi connectivity index (χ4n) is 1.71. The summed E-state index contributed by atoms with van der Waals surface area (Å²) in [5.74, 6) is 0.301. The zero-order chi connectivity index (χ0) is 13.1. The predicted octanol–water partition coefficient (Wildman–Crippen LogP) is 1.47. The van der Waals surface area contributed by atoms with Gasteiger partial charge in [-0.1, -0.05) is 5.16 Å². The van der Waals surface area contributed by atoms with E-state index >= 15 is 0 Å². The Labute approximate surface area is 103 Å². The van der Waals surface area contributed by atoms with Gasteiger partial charge in [0, 0.05) is 24.5 Å². The van der Waals surface area contributed by atoms with Crippen molar-refractivity contribution in [2.75, 3.05) is 0 Å². The first-order valence-electron chi connectivity index (χ1n) is 5.35. The molecule has 2 aromatic rings.